The van der Waals surface area contributed by atoms with Gasteiger partial charge in [0, 0.05) is 25.8 Å². The third-order valence-electron chi connectivity index (χ3n) is 4.19. The zero-order chi connectivity index (χ0) is 17.1. The summed E-state index contributed by atoms with van der Waals surface area (Å²) in [4.78, 5) is 38.8. The van der Waals surface area contributed by atoms with Crippen molar-refractivity contribution in [2.45, 2.75) is 20.3 Å². The number of carbonyl (C=O) groups is 3. The molecule has 1 aliphatic rings. The summed E-state index contributed by atoms with van der Waals surface area (Å²) in [5.41, 5.74) is 1.90. The minimum atomic E-state index is -0.955. The van der Waals surface area contributed by atoms with E-state index in [1.165, 1.54) is 4.90 Å². The molecule has 0 aromatic heterocycles. The Morgan fingerprint density at radius 3 is 2.52 bits per heavy atom. The van der Waals surface area contributed by atoms with E-state index in [0.717, 1.165) is 11.3 Å². The molecule has 1 aromatic rings. The number of aliphatic carboxylic acids is 1. The molecule has 0 saturated carbocycles. The van der Waals surface area contributed by atoms with Crippen LogP contribution in [0.1, 0.15) is 18.9 Å². The average Bonchev–Trinajstić information content (AvgIpc) is 2.88. The Labute approximate surface area is 135 Å². The highest BCUT2D eigenvalue weighted by Crippen LogP contribution is 2.26. The molecule has 0 bridgehead atoms. The fourth-order valence-electron chi connectivity index (χ4n) is 2.74. The second-order valence-corrected chi connectivity index (χ2v) is 6.12. The normalized spacial score (nSPS) is 18.8. The minimum absolute atomic E-state index is 0.0997. The van der Waals surface area contributed by atoms with Crippen molar-refractivity contribution in [3.63, 3.8) is 0 Å². The third-order valence-corrected chi connectivity index (χ3v) is 4.19. The Morgan fingerprint density at radius 2 is 1.96 bits per heavy atom. The Hall–Kier alpha value is -2.37. The third kappa shape index (κ3) is 3.70. The number of carboxylic acid groups (broad SMARTS) is 1. The van der Waals surface area contributed by atoms with Crippen LogP contribution in [0.4, 0.5) is 5.69 Å². The monoisotopic (exact) mass is 318 g/mol. The van der Waals surface area contributed by atoms with E-state index >= 15 is 0 Å². The molecule has 1 saturated heterocycles. The zero-order valence-corrected chi connectivity index (χ0v) is 13.7. The van der Waals surface area contributed by atoms with E-state index in [0.29, 0.717) is 13.0 Å². The Balaban J connectivity index is 2.04. The second kappa shape index (κ2) is 6.81. The van der Waals surface area contributed by atoms with Crippen molar-refractivity contribution in [3.8, 4) is 0 Å². The van der Waals surface area contributed by atoms with Crippen LogP contribution in [-0.2, 0) is 14.4 Å². The number of rotatable bonds is 5. The van der Waals surface area contributed by atoms with E-state index in [1.54, 1.807) is 18.9 Å². The van der Waals surface area contributed by atoms with Crippen molar-refractivity contribution in [3.05, 3.63) is 29.8 Å². The molecule has 6 nitrogen and oxygen atoms in total. The van der Waals surface area contributed by atoms with E-state index in [9.17, 15) is 14.4 Å². The summed E-state index contributed by atoms with van der Waals surface area (Å²) in [6, 6.07) is 7.60. The molecule has 0 radical (unpaired) electrons. The lowest BCUT2D eigenvalue weighted by atomic mass is 10.1. The van der Waals surface area contributed by atoms with Crippen molar-refractivity contribution in [2.75, 3.05) is 25.0 Å². The molecule has 0 unspecified atom stereocenters. The summed E-state index contributed by atoms with van der Waals surface area (Å²) >= 11 is 0. The SMILES string of the molecule is Cc1ccc(N2CC[C@@H](C(=O)N(C)C[C@@H](C)C(=O)O)C2=O)cc1. The molecular weight excluding hydrogens is 296 g/mol. The molecular formula is C17H22N2O4. The molecule has 1 aliphatic heterocycles. The first-order valence-electron chi connectivity index (χ1n) is 7.67. The van der Waals surface area contributed by atoms with E-state index < -0.39 is 17.8 Å². The number of hydrogen-bond donors (Lipinski definition) is 1. The molecule has 0 aliphatic carbocycles. The van der Waals surface area contributed by atoms with Crippen molar-refractivity contribution < 1.29 is 19.5 Å². The number of anilines is 1. The van der Waals surface area contributed by atoms with Gasteiger partial charge in [-0.1, -0.05) is 24.6 Å². The first-order valence-corrected chi connectivity index (χ1v) is 7.67. The van der Waals surface area contributed by atoms with Crippen LogP contribution in [0.25, 0.3) is 0 Å². The standard InChI is InChI=1S/C17H22N2O4/c1-11-4-6-13(7-5-11)19-9-8-14(16(19)21)15(20)18(3)10-12(2)17(22)23/h4-7,12,14H,8-10H2,1-3H3,(H,22,23)/t12-,14+/m1/s1. The lowest BCUT2D eigenvalue weighted by Crippen LogP contribution is -2.40. The van der Waals surface area contributed by atoms with Crippen molar-refractivity contribution in [1.82, 2.24) is 4.90 Å². The first-order chi connectivity index (χ1) is 10.8. The van der Waals surface area contributed by atoms with Gasteiger partial charge in [0.25, 0.3) is 0 Å². The summed E-state index contributed by atoms with van der Waals surface area (Å²) < 4.78 is 0. The van der Waals surface area contributed by atoms with Crippen molar-refractivity contribution in [1.29, 1.82) is 0 Å². The van der Waals surface area contributed by atoms with Crippen LogP contribution in [0.5, 0.6) is 0 Å². The lowest BCUT2D eigenvalue weighted by Gasteiger charge is -2.22. The van der Waals surface area contributed by atoms with Gasteiger partial charge in [-0.15, -0.1) is 0 Å². The van der Waals surface area contributed by atoms with E-state index in [-0.39, 0.29) is 18.4 Å². The van der Waals surface area contributed by atoms with Gasteiger partial charge >= 0.3 is 5.97 Å². The van der Waals surface area contributed by atoms with Gasteiger partial charge in [0.1, 0.15) is 5.92 Å². The van der Waals surface area contributed by atoms with Gasteiger partial charge in [-0.3, -0.25) is 14.4 Å². The number of benzene rings is 1. The van der Waals surface area contributed by atoms with Gasteiger partial charge in [-0.25, -0.2) is 0 Å². The van der Waals surface area contributed by atoms with Crippen LogP contribution < -0.4 is 4.90 Å². The number of carboxylic acids is 1. The van der Waals surface area contributed by atoms with E-state index in [4.69, 9.17) is 5.11 Å². The van der Waals surface area contributed by atoms with Gasteiger partial charge in [-0.05, 0) is 25.5 Å². The highest BCUT2D eigenvalue weighted by molar-refractivity contribution is 6.09. The summed E-state index contributed by atoms with van der Waals surface area (Å²) in [7, 11) is 1.55. The lowest BCUT2D eigenvalue weighted by molar-refractivity contribution is -0.143. The van der Waals surface area contributed by atoms with Crippen LogP contribution in [0, 0.1) is 18.8 Å². The fraction of sp³-hybridized carbons (Fsp3) is 0.471. The number of hydrogen-bond acceptors (Lipinski definition) is 3. The van der Waals surface area contributed by atoms with Gasteiger partial charge in [0.15, 0.2) is 0 Å². The largest absolute Gasteiger partial charge is 0.481 e. The maximum atomic E-state index is 12.5. The summed E-state index contributed by atoms with van der Waals surface area (Å²) in [5, 5.41) is 8.93. The zero-order valence-electron chi connectivity index (χ0n) is 13.7. The molecule has 124 valence electrons. The Bertz CT molecular complexity index is 612. The molecule has 1 fully saturated rings. The Kier molecular flexibility index (Phi) is 5.03. The summed E-state index contributed by atoms with van der Waals surface area (Å²) in [5.74, 6) is -2.86. The molecule has 2 atom stereocenters. The van der Waals surface area contributed by atoms with Crippen LogP contribution >= 0.6 is 0 Å². The van der Waals surface area contributed by atoms with Gasteiger partial charge < -0.3 is 14.9 Å². The maximum Gasteiger partial charge on any atom is 0.308 e. The second-order valence-electron chi connectivity index (χ2n) is 6.12. The molecule has 0 spiro atoms. The maximum absolute atomic E-state index is 12.5. The molecule has 2 rings (SSSR count). The molecule has 1 heterocycles. The van der Waals surface area contributed by atoms with Crippen LogP contribution in [0.3, 0.4) is 0 Å². The predicted octanol–water partition coefficient (Wildman–Crippen LogP) is 1.53. The number of aryl methyl sites for hydroxylation is 1. The highest BCUT2D eigenvalue weighted by Gasteiger charge is 2.39. The Morgan fingerprint density at radius 1 is 1.35 bits per heavy atom. The van der Waals surface area contributed by atoms with Crippen molar-refractivity contribution in [2.24, 2.45) is 11.8 Å². The van der Waals surface area contributed by atoms with Gasteiger partial charge in [0.05, 0.1) is 5.92 Å². The van der Waals surface area contributed by atoms with Crippen LogP contribution in [0.2, 0.25) is 0 Å². The predicted molar refractivity (Wildman–Crippen MR) is 86.1 cm³/mol. The number of nitrogens with zero attached hydrogens (tertiary/aromatic N) is 2. The number of carbonyl (C=O) groups excluding carboxylic acids is 2. The smallest absolute Gasteiger partial charge is 0.308 e. The van der Waals surface area contributed by atoms with Crippen LogP contribution in [-0.4, -0.2) is 47.9 Å². The van der Waals surface area contributed by atoms with Crippen LogP contribution in [0.15, 0.2) is 24.3 Å². The first kappa shape index (κ1) is 17.0. The molecule has 23 heavy (non-hydrogen) atoms. The summed E-state index contributed by atoms with van der Waals surface area (Å²) in [6.45, 7) is 4.12. The molecule has 2 amide bonds. The van der Waals surface area contributed by atoms with Gasteiger partial charge in [-0.2, -0.15) is 0 Å². The minimum Gasteiger partial charge on any atom is -0.481 e. The topological polar surface area (TPSA) is 77.9 Å². The quantitative estimate of drug-likeness (QED) is 0.835. The van der Waals surface area contributed by atoms with Crippen molar-refractivity contribution >= 4 is 23.5 Å². The molecule has 6 heteroatoms. The highest BCUT2D eigenvalue weighted by atomic mass is 16.4. The molecule has 1 aromatic carbocycles. The summed E-state index contributed by atoms with van der Waals surface area (Å²) in [6.07, 6.45) is 0.456. The number of amides is 2. The van der Waals surface area contributed by atoms with E-state index in [1.807, 2.05) is 31.2 Å². The fourth-order valence-corrected chi connectivity index (χ4v) is 2.74. The molecule has 1 N–H and O–H groups in total. The van der Waals surface area contributed by atoms with Gasteiger partial charge in [0.2, 0.25) is 11.8 Å². The van der Waals surface area contributed by atoms with E-state index in [2.05, 4.69) is 0 Å². The average molecular weight is 318 g/mol.